The van der Waals surface area contributed by atoms with Crippen molar-refractivity contribution in [3.05, 3.63) is 40.8 Å². The highest BCUT2D eigenvalue weighted by molar-refractivity contribution is 5.94. The lowest BCUT2D eigenvalue weighted by molar-refractivity contribution is -0.137. The first-order chi connectivity index (χ1) is 12.8. The van der Waals surface area contributed by atoms with Crippen molar-refractivity contribution in [3.8, 4) is 0 Å². The van der Waals surface area contributed by atoms with Gasteiger partial charge >= 0.3 is 6.18 Å². The van der Waals surface area contributed by atoms with Crippen LogP contribution in [0.15, 0.2) is 22.7 Å². The largest absolute Gasteiger partial charge is 0.418 e. The van der Waals surface area contributed by atoms with Crippen molar-refractivity contribution in [2.45, 2.75) is 45.5 Å². The summed E-state index contributed by atoms with van der Waals surface area (Å²) in [5.74, 6) is 0.117. The third-order valence-corrected chi connectivity index (χ3v) is 4.45. The van der Waals surface area contributed by atoms with Crippen molar-refractivity contribution in [2.24, 2.45) is 0 Å². The van der Waals surface area contributed by atoms with E-state index in [-0.39, 0.29) is 17.9 Å². The van der Waals surface area contributed by atoms with Crippen LogP contribution in [0.3, 0.4) is 0 Å². The van der Waals surface area contributed by atoms with Crippen molar-refractivity contribution >= 4 is 17.3 Å². The van der Waals surface area contributed by atoms with E-state index in [1.54, 1.807) is 13.8 Å². The average Bonchev–Trinajstić information content (AvgIpc) is 3.24. The fourth-order valence-electron chi connectivity index (χ4n) is 2.96. The van der Waals surface area contributed by atoms with Gasteiger partial charge in [0.25, 0.3) is 5.91 Å². The molecule has 2 N–H and O–H groups in total. The summed E-state index contributed by atoms with van der Waals surface area (Å²) in [4.78, 5) is 12.1. The third-order valence-electron chi connectivity index (χ3n) is 4.45. The number of halogens is 3. The smallest absolute Gasteiger partial charge is 0.380 e. The Bertz CT molecular complexity index is 807. The number of ether oxygens (including phenoxy) is 1. The van der Waals surface area contributed by atoms with Crippen LogP contribution in [0, 0.1) is 13.8 Å². The Labute approximate surface area is 154 Å². The minimum atomic E-state index is -4.58. The van der Waals surface area contributed by atoms with Crippen LogP contribution in [-0.4, -0.2) is 23.8 Å². The van der Waals surface area contributed by atoms with Gasteiger partial charge in [-0.25, -0.2) is 0 Å². The number of hydrogen-bond acceptors (Lipinski definition) is 5. The van der Waals surface area contributed by atoms with Crippen molar-refractivity contribution in [1.29, 1.82) is 0 Å². The standard InChI is InChI=1S/C18H20F3N3O3/c1-10-13(11(2)27-24-10)9-22-15-6-5-12(8-14(15)18(19,20)21)23-17(25)16-4-3-7-26-16/h5-6,8,16,22H,3-4,7,9H2,1-2H3,(H,23,25)/t16-/m1/s1. The molecule has 6 nitrogen and oxygen atoms in total. The van der Waals surface area contributed by atoms with E-state index in [1.807, 2.05) is 0 Å². The molecule has 1 aliphatic rings. The Hall–Kier alpha value is -2.55. The van der Waals surface area contributed by atoms with Crippen molar-refractivity contribution in [2.75, 3.05) is 17.2 Å². The molecule has 1 aromatic heterocycles. The topological polar surface area (TPSA) is 76.4 Å². The number of carbonyl (C=O) groups excluding carboxylic acids is 1. The maximum absolute atomic E-state index is 13.5. The number of aromatic nitrogens is 1. The number of hydrogen-bond donors (Lipinski definition) is 2. The Morgan fingerprint density at radius 2 is 2.11 bits per heavy atom. The molecule has 1 amide bonds. The summed E-state index contributed by atoms with van der Waals surface area (Å²) in [6, 6.07) is 3.65. The van der Waals surface area contributed by atoms with Crippen molar-refractivity contribution in [1.82, 2.24) is 5.16 Å². The predicted octanol–water partition coefficient (Wildman–Crippen LogP) is 4.04. The van der Waals surface area contributed by atoms with Crippen LogP contribution in [0.2, 0.25) is 0 Å². The third kappa shape index (κ3) is 4.41. The molecule has 0 aliphatic carbocycles. The van der Waals surface area contributed by atoms with Gasteiger partial charge in [0.15, 0.2) is 0 Å². The summed E-state index contributed by atoms with van der Waals surface area (Å²) in [5, 5.41) is 9.06. The number of benzene rings is 1. The average molecular weight is 383 g/mol. The summed E-state index contributed by atoms with van der Waals surface area (Å²) >= 11 is 0. The molecule has 2 aromatic rings. The van der Waals surface area contributed by atoms with Gasteiger partial charge in [0.1, 0.15) is 11.9 Å². The zero-order chi connectivity index (χ0) is 19.6. The summed E-state index contributed by atoms with van der Waals surface area (Å²) in [6.45, 7) is 4.05. The number of carbonyl (C=O) groups is 1. The fourth-order valence-corrected chi connectivity index (χ4v) is 2.96. The van der Waals surface area contributed by atoms with Gasteiger partial charge in [-0.05, 0) is 44.9 Å². The molecule has 146 valence electrons. The van der Waals surface area contributed by atoms with E-state index in [9.17, 15) is 18.0 Å². The molecule has 0 radical (unpaired) electrons. The van der Waals surface area contributed by atoms with Gasteiger partial charge in [-0.15, -0.1) is 0 Å². The maximum atomic E-state index is 13.5. The zero-order valence-electron chi connectivity index (χ0n) is 14.9. The quantitative estimate of drug-likeness (QED) is 0.815. The number of anilines is 2. The van der Waals surface area contributed by atoms with E-state index in [0.29, 0.717) is 30.0 Å². The summed E-state index contributed by atoms with van der Waals surface area (Å²) in [6.07, 6.45) is -3.87. The number of nitrogens with one attached hydrogen (secondary N) is 2. The first-order valence-corrected chi connectivity index (χ1v) is 8.55. The molecule has 9 heteroatoms. The van der Waals surface area contributed by atoms with E-state index in [1.165, 1.54) is 12.1 Å². The molecule has 0 unspecified atom stereocenters. The van der Waals surface area contributed by atoms with Crippen molar-refractivity contribution < 1.29 is 27.2 Å². The number of rotatable bonds is 5. The van der Waals surface area contributed by atoms with Crippen LogP contribution in [0.1, 0.15) is 35.4 Å². The molecule has 2 heterocycles. The van der Waals surface area contributed by atoms with Gasteiger partial charge < -0.3 is 19.9 Å². The summed E-state index contributed by atoms with van der Waals surface area (Å²) < 4.78 is 50.7. The van der Waals surface area contributed by atoms with Crippen LogP contribution in [0.5, 0.6) is 0 Å². The lowest BCUT2D eigenvalue weighted by Gasteiger charge is -2.17. The van der Waals surface area contributed by atoms with E-state index in [2.05, 4.69) is 15.8 Å². The first-order valence-electron chi connectivity index (χ1n) is 8.55. The highest BCUT2D eigenvalue weighted by Crippen LogP contribution is 2.37. The second-order valence-electron chi connectivity index (χ2n) is 6.41. The molecule has 1 aliphatic heterocycles. The highest BCUT2D eigenvalue weighted by atomic mass is 19.4. The minimum absolute atomic E-state index is 0.0747. The fraction of sp³-hybridized carbons (Fsp3) is 0.444. The van der Waals surface area contributed by atoms with Gasteiger partial charge in [-0.3, -0.25) is 4.79 Å². The molecule has 0 bridgehead atoms. The lowest BCUT2D eigenvalue weighted by Crippen LogP contribution is -2.27. The summed E-state index contributed by atoms with van der Waals surface area (Å²) in [5.41, 5.74) is 0.454. The molecule has 1 saturated heterocycles. The van der Waals surface area contributed by atoms with E-state index in [0.717, 1.165) is 12.5 Å². The second kappa shape index (κ2) is 7.59. The van der Waals surface area contributed by atoms with Gasteiger partial charge in [-0.1, -0.05) is 5.16 Å². The summed E-state index contributed by atoms with van der Waals surface area (Å²) in [7, 11) is 0. The highest BCUT2D eigenvalue weighted by Gasteiger charge is 2.34. The van der Waals surface area contributed by atoms with Crippen LogP contribution in [0.4, 0.5) is 24.5 Å². The second-order valence-corrected chi connectivity index (χ2v) is 6.41. The van der Waals surface area contributed by atoms with Crippen LogP contribution >= 0.6 is 0 Å². The van der Waals surface area contributed by atoms with Crippen LogP contribution in [0.25, 0.3) is 0 Å². The molecule has 1 fully saturated rings. The Kier molecular flexibility index (Phi) is 5.41. The number of amides is 1. The first kappa shape index (κ1) is 19.2. The van der Waals surface area contributed by atoms with Gasteiger partial charge in [-0.2, -0.15) is 13.2 Å². The maximum Gasteiger partial charge on any atom is 0.418 e. The molecule has 27 heavy (non-hydrogen) atoms. The van der Waals surface area contributed by atoms with Crippen LogP contribution < -0.4 is 10.6 Å². The SMILES string of the molecule is Cc1noc(C)c1CNc1ccc(NC(=O)[C@H]2CCCO2)cc1C(F)(F)F. The monoisotopic (exact) mass is 383 g/mol. The zero-order valence-corrected chi connectivity index (χ0v) is 14.9. The molecule has 0 spiro atoms. The Morgan fingerprint density at radius 1 is 1.33 bits per heavy atom. The molecular weight excluding hydrogens is 363 g/mol. The normalized spacial score (nSPS) is 17.1. The van der Waals surface area contributed by atoms with E-state index in [4.69, 9.17) is 9.26 Å². The van der Waals surface area contributed by atoms with E-state index < -0.39 is 23.8 Å². The predicted molar refractivity (Wildman–Crippen MR) is 92.4 cm³/mol. The van der Waals surface area contributed by atoms with E-state index >= 15 is 0 Å². The molecular formula is C18H20F3N3O3. The van der Waals surface area contributed by atoms with Gasteiger partial charge in [0.05, 0.1) is 11.3 Å². The minimum Gasteiger partial charge on any atom is -0.380 e. The number of alkyl halides is 3. The number of nitrogens with zero attached hydrogens (tertiary/aromatic N) is 1. The molecule has 0 saturated carbocycles. The Balaban J connectivity index is 1.78. The molecule has 3 rings (SSSR count). The lowest BCUT2D eigenvalue weighted by atomic mass is 10.1. The van der Waals surface area contributed by atoms with Crippen molar-refractivity contribution in [3.63, 3.8) is 0 Å². The van der Waals surface area contributed by atoms with Gasteiger partial charge in [0, 0.05) is 30.1 Å². The molecule has 1 aromatic carbocycles. The molecule has 1 atom stereocenters. The van der Waals surface area contributed by atoms with Crippen LogP contribution in [-0.2, 0) is 22.3 Å². The Morgan fingerprint density at radius 3 is 2.70 bits per heavy atom. The van der Waals surface area contributed by atoms with Gasteiger partial charge in [0.2, 0.25) is 0 Å². The number of aryl methyl sites for hydroxylation is 2.